The van der Waals surface area contributed by atoms with Gasteiger partial charge in [0.1, 0.15) is 5.69 Å². The van der Waals surface area contributed by atoms with Gasteiger partial charge in [-0.3, -0.25) is 0 Å². The third kappa shape index (κ3) is 3.00. The maximum atomic E-state index is 12.1. The highest BCUT2D eigenvalue weighted by Gasteiger charge is 2.05. The predicted molar refractivity (Wildman–Crippen MR) is 79.1 cm³/mol. The van der Waals surface area contributed by atoms with E-state index in [-0.39, 0.29) is 5.76 Å². The highest BCUT2D eigenvalue weighted by atomic mass is 16.3. The van der Waals surface area contributed by atoms with Gasteiger partial charge in [0.2, 0.25) is 6.33 Å². The summed E-state index contributed by atoms with van der Waals surface area (Å²) in [6.07, 6.45) is 4.92. The Morgan fingerprint density at radius 2 is 1.81 bits per heavy atom. The zero-order chi connectivity index (χ0) is 14.7. The van der Waals surface area contributed by atoms with Crippen LogP contribution >= 0.6 is 0 Å². The summed E-state index contributed by atoms with van der Waals surface area (Å²) in [6.45, 7) is 2.05. The highest BCUT2D eigenvalue weighted by Crippen LogP contribution is 2.08. The molecule has 0 bridgehead atoms. The number of hydrogen-bond donors (Lipinski definition) is 0. The molecule has 0 N–H and O–H groups in total. The van der Waals surface area contributed by atoms with Gasteiger partial charge in [-0.05, 0) is 24.6 Å². The van der Waals surface area contributed by atoms with E-state index in [0.29, 0.717) is 5.56 Å². The van der Waals surface area contributed by atoms with Crippen LogP contribution in [0.4, 0.5) is 0 Å². The molecule has 0 unspecified atom stereocenters. The van der Waals surface area contributed by atoms with Gasteiger partial charge in [-0.2, -0.15) is 0 Å². The molecule has 0 aliphatic carbocycles. The number of hydrogen-bond acceptors (Lipinski definition) is 2. The number of nitrogens with zero attached hydrogens (tertiary/aromatic N) is 3. The maximum absolute atomic E-state index is 12.1. The third-order valence-corrected chi connectivity index (χ3v) is 3.19. The van der Waals surface area contributed by atoms with E-state index in [2.05, 4.69) is 5.10 Å². The molecule has 0 aliphatic heterocycles. The van der Waals surface area contributed by atoms with Gasteiger partial charge in [0.05, 0.1) is 6.20 Å². The van der Waals surface area contributed by atoms with Crippen molar-refractivity contribution in [1.82, 2.24) is 9.78 Å². The minimum Gasteiger partial charge on any atom is -0.870 e. The molecule has 1 aromatic heterocycles. The Balaban J connectivity index is 1.87. The fourth-order valence-electron chi connectivity index (χ4n) is 2.02. The van der Waals surface area contributed by atoms with E-state index >= 15 is 0 Å². The quantitative estimate of drug-likeness (QED) is 0.541. The zero-order valence-corrected chi connectivity index (χ0v) is 11.7. The standard InChI is InChI=1S/C17H15N3O/c1-14-7-9-16(10-8-14)19-12-18-20(13-19)11-17(21)15-5-3-2-4-6-15/h2-13H,1H3/b17-11-. The largest absolute Gasteiger partial charge is 0.870 e. The lowest BCUT2D eigenvalue weighted by molar-refractivity contribution is -0.596. The van der Waals surface area contributed by atoms with E-state index in [9.17, 15) is 5.11 Å². The average molecular weight is 277 g/mol. The second-order valence-electron chi connectivity index (χ2n) is 4.83. The molecule has 0 atom stereocenters. The van der Waals surface area contributed by atoms with Gasteiger partial charge in [0.25, 0.3) is 6.33 Å². The van der Waals surface area contributed by atoms with E-state index in [0.717, 1.165) is 5.69 Å². The summed E-state index contributed by atoms with van der Waals surface area (Å²) in [5.41, 5.74) is 2.86. The van der Waals surface area contributed by atoms with E-state index < -0.39 is 0 Å². The second kappa shape index (κ2) is 5.63. The number of benzene rings is 2. The van der Waals surface area contributed by atoms with Crippen LogP contribution in [0.2, 0.25) is 0 Å². The lowest BCUT2D eigenvalue weighted by Crippen LogP contribution is -2.27. The maximum Gasteiger partial charge on any atom is 0.270 e. The van der Waals surface area contributed by atoms with E-state index in [1.165, 1.54) is 16.4 Å². The van der Waals surface area contributed by atoms with E-state index in [4.69, 9.17) is 0 Å². The molecule has 0 amide bonds. The summed E-state index contributed by atoms with van der Waals surface area (Å²) in [5, 5.41) is 16.3. The SMILES string of the molecule is Cc1ccc(-[n+]2cnn(/C=C(\[O-])c3ccccc3)c2)cc1. The second-order valence-corrected chi connectivity index (χ2v) is 4.83. The first-order valence-corrected chi connectivity index (χ1v) is 6.69. The van der Waals surface area contributed by atoms with Crippen molar-refractivity contribution < 1.29 is 9.67 Å². The molecule has 0 aliphatic rings. The fraction of sp³-hybridized carbons (Fsp3) is 0.0588. The summed E-state index contributed by atoms with van der Waals surface area (Å²) < 4.78 is 3.39. The van der Waals surface area contributed by atoms with Crippen molar-refractivity contribution in [2.24, 2.45) is 0 Å². The first-order valence-electron chi connectivity index (χ1n) is 6.69. The fourth-order valence-corrected chi connectivity index (χ4v) is 2.02. The van der Waals surface area contributed by atoms with Gasteiger partial charge >= 0.3 is 0 Å². The minimum atomic E-state index is -0.0743. The van der Waals surface area contributed by atoms with Crippen LogP contribution in [0.3, 0.4) is 0 Å². The molecule has 3 rings (SSSR count). The Labute approximate surface area is 123 Å². The van der Waals surface area contributed by atoms with Crippen molar-refractivity contribution in [3.63, 3.8) is 0 Å². The molecule has 2 aromatic carbocycles. The Kier molecular flexibility index (Phi) is 3.51. The van der Waals surface area contributed by atoms with Crippen molar-refractivity contribution in [3.8, 4) is 5.69 Å². The van der Waals surface area contributed by atoms with Crippen molar-refractivity contribution in [1.29, 1.82) is 0 Å². The van der Waals surface area contributed by atoms with Gasteiger partial charge in [-0.15, -0.1) is 0 Å². The van der Waals surface area contributed by atoms with Crippen molar-refractivity contribution in [2.75, 3.05) is 0 Å². The summed E-state index contributed by atoms with van der Waals surface area (Å²) in [4.78, 5) is 0. The zero-order valence-electron chi connectivity index (χ0n) is 11.7. The monoisotopic (exact) mass is 277 g/mol. The van der Waals surface area contributed by atoms with Gasteiger partial charge in [-0.1, -0.05) is 58.5 Å². The molecule has 1 heterocycles. The molecule has 4 nitrogen and oxygen atoms in total. The van der Waals surface area contributed by atoms with Crippen LogP contribution in [0.15, 0.2) is 67.3 Å². The minimum absolute atomic E-state index is 0.0743. The molecule has 3 aromatic rings. The van der Waals surface area contributed by atoms with Crippen molar-refractivity contribution in [2.45, 2.75) is 6.92 Å². The summed E-state index contributed by atoms with van der Waals surface area (Å²) in [5.74, 6) is -0.0743. The normalized spacial score (nSPS) is 11.6. The predicted octanol–water partition coefficient (Wildman–Crippen LogP) is 1.78. The molecule has 104 valence electrons. The van der Waals surface area contributed by atoms with Crippen molar-refractivity contribution >= 4 is 12.0 Å². The van der Waals surface area contributed by atoms with Crippen LogP contribution < -0.4 is 9.67 Å². The summed E-state index contributed by atoms with van der Waals surface area (Å²) in [7, 11) is 0. The molecule has 0 saturated heterocycles. The van der Waals surface area contributed by atoms with Crippen LogP contribution in [-0.4, -0.2) is 9.78 Å². The van der Waals surface area contributed by atoms with E-state index in [1.807, 2.05) is 54.0 Å². The molecule has 4 heteroatoms. The van der Waals surface area contributed by atoms with Crippen LogP contribution in [0.1, 0.15) is 11.1 Å². The molecule has 0 saturated carbocycles. The van der Waals surface area contributed by atoms with Crippen molar-refractivity contribution in [3.05, 3.63) is 78.4 Å². The Bertz CT molecular complexity index is 758. The molecule has 0 radical (unpaired) electrons. The number of aryl methyl sites for hydroxylation is 1. The van der Waals surface area contributed by atoms with Gasteiger partial charge in [0.15, 0.2) is 0 Å². The van der Waals surface area contributed by atoms with Gasteiger partial charge in [0, 0.05) is 5.10 Å². The molecule has 0 spiro atoms. The average Bonchev–Trinajstić information content (AvgIpc) is 2.97. The smallest absolute Gasteiger partial charge is 0.270 e. The first-order chi connectivity index (χ1) is 10.2. The van der Waals surface area contributed by atoms with Crippen LogP contribution in [-0.2, 0) is 0 Å². The Morgan fingerprint density at radius 1 is 1.10 bits per heavy atom. The first kappa shape index (κ1) is 13.1. The third-order valence-electron chi connectivity index (χ3n) is 3.19. The number of rotatable bonds is 3. The topological polar surface area (TPSA) is 44.8 Å². The highest BCUT2D eigenvalue weighted by molar-refractivity contribution is 5.66. The lowest BCUT2D eigenvalue weighted by Gasteiger charge is -2.08. The lowest BCUT2D eigenvalue weighted by atomic mass is 10.2. The van der Waals surface area contributed by atoms with Crippen LogP contribution in [0.5, 0.6) is 0 Å². The summed E-state index contributed by atoms with van der Waals surface area (Å²) >= 11 is 0. The summed E-state index contributed by atoms with van der Waals surface area (Å²) in [6, 6.07) is 17.3. The Hall–Kier alpha value is -2.88. The van der Waals surface area contributed by atoms with Crippen LogP contribution in [0.25, 0.3) is 17.6 Å². The molecule has 0 fully saturated rings. The van der Waals surface area contributed by atoms with Gasteiger partial charge < -0.3 is 5.11 Å². The molecular weight excluding hydrogens is 262 g/mol. The van der Waals surface area contributed by atoms with Crippen LogP contribution in [0, 0.1) is 6.92 Å². The number of aromatic nitrogens is 3. The molecular formula is C17H15N3O. The van der Waals surface area contributed by atoms with Gasteiger partial charge in [-0.25, -0.2) is 4.57 Å². The molecule has 21 heavy (non-hydrogen) atoms. The van der Waals surface area contributed by atoms with E-state index in [1.54, 1.807) is 24.8 Å². The Morgan fingerprint density at radius 3 is 2.52 bits per heavy atom.